The van der Waals surface area contributed by atoms with Gasteiger partial charge in [-0.15, -0.1) is 0 Å². The molecule has 116 valence electrons. The third kappa shape index (κ3) is 3.35. The maximum absolute atomic E-state index is 13.1. The highest BCUT2D eigenvalue weighted by atomic mass is 32.2. The Kier molecular flexibility index (Phi) is 4.83. The number of hydrogen-bond donors (Lipinski definition) is 2. The minimum absolute atomic E-state index is 0.00408. The van der Waals surface area contributed by atoms with Crippen LogP contribution < -0.4 is 5.32 Å². The number of benzene rings is 1. The summed E-state index contributed by atoms with van der Waals surface area (Å²) in [7, 11) is 0. The van der Waals surface area contributed by atoms with Gasteiger partial charge in [0.2, 0.25) is 0 Å². The average Bonchev–Trinajstić information content (AvgIpc) is 2.45. The number of aliphatic hydroxyl groups is 1. The predicted molar refractivity (Wildman–Crippen MR) is 74.8 cm³/mol. The molecule has 7 heteroatoms. The van der Waals surface area contributed by atoms with E-state index in [4.69, 9.17) is 0 Å². The van der Waals surface area contributed by atoms with Crippen LogP contribution in [0.1, 0.15) is 30.1 Å². The molecule has 3 nitrogen and oxygen atoms in total. The zero-order chi connectivity index (χ0) is 15.6. The van der Waals surface area contributed by atoms with E-state index in [0.717, 1.165) is 12.2 Å². The topological polar surface area (TPSA) is 49.3 Å². The van der Waals surface area contributed by atoms with Crippen molar-refractivity contribution in [2.75, 3.05) is 12.3 Å². The molecule has 0 spiro atoms. The van der Waals surface area contributed by atoms with Crippen LogP contribution in [-0.4, -0.2) is 34.2 Å². The van der Waals surface area contributed by atoms with E-state index in [1.807, 2.05) is 6.92 Å². The predicted octanol–water partition coefficient (Wildman–Crippen LogP) is 2.48. The van der Waals surface area contributed by atoms with Crippen LogP contribution in [0.25, 0.3) is 0 Å². The van der Waals surface area contributed by atoms with Gasteiger partial charge in [-0.1, -0.05) is 6.92 Å². The van der Waals surface area contributed by atoms with Gasteiger partial charge in [-0.2, -0.15) is 11.8 Å². The molecule has 1 saturated carbocycles. The highest BCUT2D eigenvalue weighted by molar-refractivity contribution is 8.00. The number of rotatable bonds is 5. The van der Waals surface area contributed by atoms with E-state index in [1.165, 1.54) is 0 Å². The Bertz CT molecular complexity index is 532. The van der Waals surface area contributed by atoms with E-state index in [2.05, 4.69) is 5.32 Å². The Morgan fingerprint density at radius 2 is 2.05 bits per heavy atom. The molecule has 1 aromatic carbocycles. The highest BCUT2D eigenvalue weighted by Crippen LogP contribution is 2.40. The van der Waals surface area contributed by atoms with Crippen molar-refractivity contribution >= 4 is 17.7 Å². The molecule has 0 saturated heterocycles. The largest absolute Gasteiger partial charge is 0.387 e. The fraction of sp³-hybridized carbons (Fsp3) is 0.500. The lowest BCUT2D eigenvalue weighted by Gasteiger charge is -2.45. The number of carbonyl (C=O) groups is 1. The van der Waals surface area contributed by atoms with Gasteiger partial charge < -0.3 is 10.4 Å². The molecule has 0 bridgehead atoms. The first kappa shape index (κ1) is 16.2. The standard InChI is InChI=1S/C14H16F3NO2S/c1-2-21-11-3-4-14(11,20)7-18-13(19)8-5-9(15)12(17)10(16)6-8/h5-6,11,20H,2-4,7H2,1H3,(H,18,19)/t11-,14-/m0/s1. The Balaban J connectivity index is 1.99. The van der Waals surface area contributed by atoms with Crippen molar-refractivity contribution in [3.63, 3.8) is 0 Å². The first-order valence-electron chi connectivity index (χ1n) is 6.64. The Labute approximate surface area is 124 Å². The number of nitrogens with one attached hydrogen (secondary N) is 1. The van der Waals surface area contributed by atoms with Gasteiger partial charge in [0.25, 0.3) is 5.91 Å². The van der Waals surface area contributed by atoms with Gasteiger partial charge in [0.1, 0.15) is 0 Å². The van der Waals surface area contributed by atoms with E-state index >= 15 is 0 Å². The Morgan fingerprint density at radius 1 is 1.43 bits per heavy atom. The highest BCUT2D eigenvalue weighted by Gasteiger charge is 2.45. The summed E-state index contributed by atoms with van der Waals surface area (Å²) in [5.41, 5.74) is -1.30. The fourth-order valence-electron chi connectivity index (χ4n) is 2.26. The van der Waals surface area contributed by atoms with Crippen LogP contribution in [0.15, 0.2) is 12.1 Å². The minimum Gasteiger partial charge on any atom is -0.387 e. The van der Waals surface area contributed by atoms with Gasteiger partial charge in [-0.05, 0) is 30.7 Å². The lowest BCUT2D eigenvalue weighted by Crippen LogP contribution is -2.57. The van der Waals surface area contributed by atoms with Gasteiger partial charge in [-0.3, -0.25) is 4.79 Å². The molecule has 0 aliphatic heterocycles. The number of carbonyl (C=O) groups excluding carboxylic acids is 1. The van der Waals surface area contributed by atoms with E-state index < -0.39 is 29.0 Å². The van der Waals surface area contributed by atoms with Crippen molar-refractivity contribution in [1.82, 2.24) is 5.32 Å². The third-order valence-corrected chi connectivity index (χ3v) is 5.02. The second kappa shape index (κ2) is 6.27. The van der Waals surface area contributed by atoms with Crippen LogP contribution in [0.3, 0.4) is 0 Å². The summed E-state index contributed by atoms with van der Waals surface area (Å²) in [5.74, 6) is -4.32. The molecule has 0 aromatic heterocycles. The molecule has 2 rings (SSSR count). The zero-order valence-electron chi connectivity index (χ0n) is 11.5. The second-order valence-electron chi connectivity index (χ2n) is 5.02. The van der Waals surface area contributed by atoms with Crippen molar-refractivity contribution in [2.24, 2.45) is 0 Å². The fourth-order valence-corrected chi connectivity index (χ4v) is 3.46. The van der Waals surface area contributed by atoms with Crippen LogP contribution in [0.2, 0.25) is 0 Å². The second-order valence-corrected chi connectivity index (χ2v) is 6.50. The van der Waals surface area contributed by atoms with Gasteiger partial charge in [-0.25, -0.2) is 13.2 Å². The van der Waals surface area contributed by atoms with Gasteiger partial charge >= 0.3 is 0 Å². The molecule has 0 unspecified atom stereocenters. The molecule has 1 aliphatic rings. The molecule has 2 N–H and O–H groups in total. The maximum atomic E-state index is 13.1. The number of amides is 1. The van der Waals surface area contributed by atoms with E-state index in [0.29, 0.717) is 18.6 Å². The quantitative estimate of drug-likeness (QED) is 0.820. The lowest BCUT2D eigenvalue weighted by molar-refractivity contribution is -0.0221. The minimum atomic E-state index is -1.61. The smallest absolute Gasteiger partial charge is 0.251 e. The van der Waals surface area contributed by atoms with Gasteiger partial charge in [0.05, 0.1) is 5.60 Å². The zero-order valence-corrected chi connectivity index (χ0v) is 12.3. The number of hydrogen-bond acceptors (Lipinski definition) is 3. The molecule has 2 atom stereocenters. The van der Waals surface area contributed by atoms with Crippen molar-refractivity contribution in [3.8, 4) is 0 Å². The number of halogens is 3. The monoisotopic (exact) mass is 319 g/mol. The molecule has 21 heavy (non-hydrogen) atoms. The number of thioether (sulfide) groups is 1. The average molecular weight is 319 g/mol. The van der Waals surface area contributed by atoms with E-state index in [1.54, 1.807) is 11.8 Å². The molecular weight excluding hydrogens is 303 g/mol. The lowest BCUT2D eigenvalue weighted by atomic mass is 9.79. The summed E-state index contributed by atoms with van der Waals surface area (Å²) in [6, 6.07) is 1.27. The molecular formula is C14H16F3NO2S. The van der Waals surface area contributed by atoms with Gasteiger partial charge in [0, 0.05) is 17.4 Å². The van der Waals surface area contributed by atoms with Crippen molar-refractivity contribution in [3.05, 3.63) is 35.1 Å². The molecule has 1 fully saturated rings. The molecule has 1 aliphatic carbocycles. The maximum Gasteiger partial charge on any atom is 0.251 e. The van der Waals surface area contributed by atoms with Crippen LogP contribution in [-0.2, 0) is 0 Å². The SMILES string of the molecule is CCS[C@H]1CC[C@]1(O)CNC(=O)c1cc(F)c(F)c(F)c1. The van der Waals surface area contributed by atoms with Crippen molar-refractivity contribution in [1.29, 1.82) is 0 Å². The van der Waals surface area contributed by atoms with E-state index in [9.17, 15) is 23.1 Å². The molecule has 0 radical (unpaired) electrons. The summed E-state index contributed by atoms with van der Waals surface area (Å²) < 4.78 is 39.0. The van der Waals surface area contributed by atoms with Gasteiger partial charge in [0.15, 0.2) is 17.5 Å². The Morgan fingerprint density at radius 3 is 2.52 bits per heavy atom. The van der Waals surface area contributed by atoms with E-state index in [-0.39, 0.29) is 17.4 Å². The summed E-state index contributed by atoms with van der Waals surface area (Å²) in [4.78, 5) is 11.8. The van der Waals surface area contributed by atoms with Crippen LogP contribution >= 0.6 is 11.8 Å². The summed E-state index contributed by atoms with van der Waals surface area (Å²) in [6.07, 6.45) is 1.43. The normalized spacial score (nSPS) is 24.5. The first-order valence-corrected chi connectivity index (χ1v) is 7.69. The summed E-state index contributed by atoms with van der Waals surface area (Å²) in [6.45, 7) is 1.98. The molecule has 1 amide bonds. The van der Waals surface area contributed by atoms with Crippen LogP contribution in [0.5, 0.6) is 0 Å². The molecule has 1 aromatic rings. The first-order chi connectivity index (χ1) is 9.87. The van der Waals surface area contributed by atoms with Crippen molar-refractivity contribution < 1.29 is 23.1 Å². The van der Waals surface area contributed by atoms with Crippen LogP contribution in [0, 0.1) is 17.5 Å². The Hall–Kier alpha value is -1.21. The van der Waals surface area contributed by atoms with Crippen LogP contribution in [0.4, 0.5) is 13.2 Å². The molecule has 0 heterocycles. The van der Waals surface area contributed by atoms with Crippen molar-refractivity contribution in [2.45, 2.75) is 30.6 Å². The summed E-state index contributed by atoms with van der Waals surface area (Å²) in [5, 5.41) is 12.8. The third-order valence-electron chi connectivity index (χ3n) is 3.61. The summed E-state index contributed by atoms with van der Waals surface area (Å²) >= 11 is 1.61.